The Labute approximate surface area is 129 Å². The minimum Gasteiger partial charge on any atom is -0.379 e. The number of aromatic nitrogens is 5. The zero-order chi connectivity index (χ0) is 15.5. The van der Waals surface area contributed by atoms with Crippen LogP contribution >= 0.6 is 0 Å². The molecule has 0 aliphatic rings. The molecule has 0 spiro atoms. The van der Waals surface area contributed by atoms with Gasteiger partial charge in [-0.05, 0) is 32.9 Å². The SMILES string of the molecule is CCn1ncc(CNc2cccc(-c3nc(C)c(C)[nH]3)c2)n1. The fourth-order valence-corrected chi connectivity index (χ4v) is 2.22. The summed E-state index contributed by atoms with van der Waals surface area (Å²) in [5.74, 6) is 0.899. The number of nitrogens with zero attached hydrogens (tertiary/aromatic N) is 4. The highest BCUT2D eigenvalue weighted by Crippen LogP contribution is 2.21. The smallest absolute Gasteiger partial charge is 0.137 e. The molecule has 6 nitrogen and oxygen atoms in total. The third kappa shape index (κ3) is 3.00. The van der Waals surface area contributed by atoms with Crippen LogP contribution in [0.25, 0.3) is 11.4 Å². The van der Waals surface area contributed by atoms with Crippen molar-refractivity contribution in [2.45, 2.75) is 33.9 Å². The van der Waals surface area contributed by atoms with Crippen LogP contribution in [0.15, 0.2) is 30.5 Å². The number of aromatic amines is 1. The Bertz CT molecular complexity index is 751. The molecule has 2 aromatic heterocycles. The maximum absolute atomic E-state index is 4.55. The number of anilines is 1. The zero-order valence-electron chi connectivity index (χ0n) is 13.1. The lowest BCUT2D eigenvalue weighted by molar-refractivity contribution is 0.564. The number of benzene rings is 1. The summed E-state index contributed by atoms with van der Waals surface area (Å²) in [5.41, 5.74) is 5.17. The van der Waals surface area contributed by atoms with Crippen LogP contribution in [0, 0.1) is 13.8 Å². The molecule has 3 aromatic rings. The summed E-state index contributed by atoms with van der Waals surface area (Å²) in [4.78, 5) is 9.54. The van der Waals surface area contributed by atoms with Crippen molar-refractivity contribution < 1.29 is 0 Å². The molecule has 0 saturated carbocycles. The number of H-pyrrole nitrogens is 1. The van der Waals surface area contributed by atoms with Crippen molar-refractivity contribution in [1.29, 1.82) is 0 Å². The molecular formula is C16H20N6. The first-order valence-electron chi connectivity index (χ1n) is 7.42. The van der Waals surface area contributed by atoms with E-state index in [1.807, 2.05) is 32.9 Å². The van der Waals surface area contributed by atoms with Gasteiger partial charge in [0.25, 0.3) is 0 Å². The van der Waals surface area contributed by atoms with Crippen molar-refractivity contribution in [3.63, 3.8) is 0 Å². The molecule has 0 atom stereocenters. The predicted octanol–water partition coefficient (Wildman–Crippen LogP) is 2.92. The molecule has 114 valence electrons. The summed E-state index contributed by atoms with van der Waals surface area (Å²) in [5, 5.41) is 11.9. The van der Waals surface area contributed by atoms with E-state index in [0.29, 0.717) is 6.54 Å². The number of rotatable bonds is 5. The molecule has 0 radical (unpaired) electrons. The second kappa shape index (κ2) is 6.01. The van der Waals surface area contributed by atoms with Gasteiger partial charge in [-0.25, -0.2) is 4.98 Å². The Morgan fingerprint density at radius 3 is 2.82 bits per heavy atom. The zero-order valence-corrected chi connectivity index (χ0v) is 13.1. The normalized spacial score (nSPS) is 10.9. The molecule has 0 unspecified atom stereocenters. The molecule has 0 bridgehead atoms. The summed E-state index contributed by atoms with van der Waals surface area (Å²) in [6, 6.07) is 8.20. The molecule has 2 heterocycles. The number of nitrogens with one attached hydrogen (secondary N) is 2. The maximum atomic E-state index is 4.55. The summed E-state index contributed by atoms with van der Waals surface area (Å²) in [7, 11) is 0. The summed E-state index contributed by atoms with van der Waals surface area (Å²) >= 11 is 0. The summed E-state index contributed by atoms with van der Waals surface area (Å²) in [6.07, 6.45) is 1.79. The predicted molar refractivity (Wildman–Crippen MR) is 86.5 cm³/mol. The fourth-order valence-electron chi connectivity index (χ4n) is 2.22. The van der Waals surface area contributed by atoms with Gasteiger partial charge in [0.1, 0.15) is 11.5 Å². The Morgan fingerprint density at radius 1 is 1.27 bits per heavy atom. The van der Waals surface area contributed by atoms with Crippen LogP contribution < -0.4 is 5.32 Å². The highest BCUT2D eigenvalue weighted by molar-refractivity contribution is 5.63. The van der Waals surface area contributed by atoms with Crippen LogP contribution in [0.2, 0.25) is 0 Å². The van der Waals surface area contributed by atoms with Gasteiger partial charge in [-0.1, -0.05) is 12.1 Å². The van der Waals surface area contributed by atoms with Crippen LogP contribution in [0.5, 0.6) is 0 Å². The number of hydrogen-bond acceptors (Lipinski definition) is 4. The topological polar surface area (TPSA) is 71.4 Å². The van der Waals surface area contributed by atoms with Crippen LogP contribution in [0.4, 0.5) is 5.69 Å². The van der Waals surface area contributed by atoms with Crippen molar-refractivity contribution in [2.24, 2.45) is 0 Å². The van der Waals surface area contributed by atoms with Crippen LogP contribution in [0.3, 0.4) is 0 Å². The van der Waals surface area contributed by atoms with Crippen molar-refractivity contribution in [3.05, 3.63) is 47.5 Å². The van der Waals surface area contributed by atoms with Gasteiger partial charge in [0.2, 0.25) is 0 Å². The largest absolute Gasteiger partial charge is 0.379 e. The molecule has 0 aliphatic carbocycles. The summed E-state index contributed by atoms with van der Waals surface area (Å²) < 4.78 is 0. The highest BCUT2D eigenvalue weighted by Gasteiger charge is 2.06. The Hall–Kier alpha value is -2.63. The Balaban J connectivity index is 1.73. The van der Waals surface area contributed by atoms with Crippen LogP contribution in [0.1, 0.15) is 24.0 Å². The first-order valence-corrected chi connectivity index (χ1v) is 7.42. The van der Waals surface area contributed by atoms with E-state index in [0.717, 1.165) is 40.7 Å². The molecule has 0 aliphatic heterocycles. The van der Waals surface area contributed by atoms with Gasteiger partial charge in [-0.15, -0.1) is 0 Å². The van der Waals surface area contributed by atoms with Gasteiger partial charge >= 0.3 is 0 Å². The molecular weight excluding hydrogens is 276 g/mol. The Morgan fingerprint density at radius 2 is 2.14 bits per heavy atom. The van der Waals surface area contributed by atoms with Gasteiger partial charge in [0, 0.05) is 16.9 Å². The van der Waals surface area contributed by atoms with E-state index in [4.69, 9.17) is 0 Å². The van der Waals surface area contributed by atoms with E-state index in [9.17, 15) is 0 Å². The lowest BCUT2D eigenvalue weighted by atomic mass is 10.2. The quantitative estimate of drug-likeness (QED) is 0.759. The van der Waals surface area contributed by atoms with E-state index in [2.05, 4.69) is 37.6 Å². The van der Waals surface area contributed by atoms with Crippen LogP contribution in [-0.4, -0.2) is 25.0 Å². The maximum Gasteiger partial charge on any atom is 0.137 e. The van der Waals surface area contributed by atoms with Gasteiger partial charge in [-0.3, -0.25) is 0 Å². The lowest BCUT2D eigenvalue weighted by Crippen LogP contribution is -2.03. The first-order chi connectivity index (χ1) is 10.7. The number of imidazole rings is 1. The molecule has 1 aromatic carbocycles. The lowest BCUT2D eigenvalue weighted by Gasteiger charge is -2.06. The third-order valence-corrected chi connectivity index (χ3v) is 3.60. The van der Waals surface area contributed by atoms with Gasteiger partial charge in [-0.2, -0.15) is 15.0 Å². The molecule has 3 rings (SSSR count). The molecule has 6 heteroatoms. The van der Waals surface area contributed by atoms with Gasteiger partial charge in [0.15, 0.2) is 0 Å². The van der Waals surface area contributed by atoms with Crippen LogP contribution in [-0.2, 0) is 13.1 Å². The average molecular weight is 296 g/mol. The molecule has 0 saturated heterocycles. The first kappa shape index (κ1) is 14.3. The molecule has 2 N–H and O–H groups in total. The molecule has 0 fully saturated rings. The van der Waals surface area contributed by atoms with E-state index in [1.165, 1.54) is 0 Å². The van der Waals surface area contributed by atoms with E-state index >= 15 is 0 Å². The standard InChI is InChI=1S/C16H20N6/c1-4-22-18-10-15(21-22)9-17-14-7-5-6-13(8-14)16-19-11(2)12(3)20-16/h5-8,10,17H,4,9H2,1-3H3,(H,19,20). The van der Waals surface area contributed by atoms with Gasteiger partial charge < -0.3 is 10.3 Å². The number of hydrogen-bond donors (Lipinski definition) is 2. The second-order valence-electron chi connectivity index (χ2n) is 5.25. The van der Waals surface area contributed by atoms with Crippen molar-refractivity contribution in [2.75, 3.05) is 5.32 Å². The Kier molecular flexibility index (Phi) is 3.91. The minimum absolute atomic E-state index is 0.652. The third-order valence-electron chi connectivity index (χ3n) is 3.60. The van der Waals surface area contributed by atoms with E-state index < -0.39 is 0 Å². The monoisotopic (exact) mass is 296 g/mol. The van der Waals surface area contributed by atoms with Crippen molar-refractivity contribution >= 4 is 5.69 Å². The average Bonchev–Trinajstić information content (AvgIpc) is 3.13. The van der Waals surface area contributed by atoms with Gasteiger partial charge in [0.05, 0.1) is 25.0 Å². The van der Waals surface area contributed by atoms with Crippen molar-refractivity contribution in [3.8, 4) is 11.4 Å². The molecule has 22 heavy (non-hydrogen) atoms. The molecule has 0 amide bonds. The summed E-state index contributed by atoms with van der Waals surface area (Å²) in [6.45, 7) is 7.50. The van der Waals surface area contributed by atoms with E-state index in [-0.39, 0.29) is 0 Å². The van der Waals surface area contributed by atoms with Crippen molar-refractivity contribution in [1.82, 2.24) is 25.0 Å². The fraction of sp³-hybridized carbons (Fsp3) is 0.312. The highest BCUT2D eigenvalue weighted by atomic mass is 15.5. The number of aryl methyl sites for hydroxylation is 3. The second-order valence-corrected chi connectivity index (χ2v) is 5.25. The minimum atomic E-state index is 0.652. The van der Waals surface area contributed by atoms with E-state index in [1.54, 1.807) is 11.0 Å².